The number of thiophene rings is 1. The summed E-state index contributed by atoms with van der Waals surface area (Å²) in [5, 5.41) is 1.99. The molecule has 2 N–H and O–H groups in total. The van der Waals surface area contributed by atoms with Gasteiger partial charge in [-0.15, -0.1) is 11.3 Å². The molecule has 1 atom stereocenters. The van der Waals surface area contributed by atoms with Gasteiger partial charge in [-0.1, -0.05) is 6.07 Å². The Morgan fingerprint density at radius 1 is 1.50 bits per heavy atom. The summed E-state index contributed by atoms with van der Waals surface area (Å²) in [7, 11) is 1.52. The van der Waals surface area contributed by atoms with E-state index in [0.29, 0.717) is 17.7 Å². The highest BCUT2D eigenvalue weighted by Gasteiger charge is 2.17. The third-order valence-corrected chi connectivity index (χ3v) is 4.37. The molecule has 2 rings (SSSR count). The zero-order valence-corrected chi connectivity index (χ0v) is 12.2. The van der Waals surface area contributed by atoms with Crippen LogP contribution in [0.25, 0.3) is 0 Å². The molecule has 1 unspecified atom stereocenters. The van der Waals surface area contributed by atoms with Gasteiger partial charge in [-0.25, -0.2) is 4.39 Å². The third kappa shape index (κ3) is 2.91. The van der Waals surface area contributed by atoms with Crippen molar-refractivity contribution in [3.05, 3.63) is 50.4 Å². The van der Waals surface area contributed by atoms with E-state index in [9.17, 15) is 4.39 Å². The van der Waals surface area contributed by atoms with Gasteiger partial charge in [0, 0.05) is 32.8 Å². The van der Waals surface area contributed by atoms with E-state index in [1.54, 1.807) is 23.5 Å². The highest BCUT2D eigenvalue weighted by molar-refractivity contribution is 9.10. The van der Waals surface area contributed by atoms with Crippen molar-refractivity contribution in [3.63, 3.8) is 0 Å². The molecule has 1 aromatic heterocycles. The van der Waals surface area contributed by atoms with E-state index in [1.165, 1.54) is 13.2 Å². The molecule has 0 spiro atoms. The van der Waals surface area contributed by atoms with Crippen LogP contribution in [0.3, 0.4) is 0 Å². The minimum Gasteiger partial charge on any atom is -0.496 e. The Labute approximate surface area is 118 Å². The fourth-order valence-corrected chi connectivity index (χ4v) is 3.35. The molecule has 0 aliphatic heterocycles. The van der Waals surface area contributed by atoms with Crippen LogP contribution in [0.15, 0.2) is 34.1 Å². The first-order chi connectivity index (χ1) is 8.61. The lowest BCUT2D eigenvalue weighted by Gasteiger charge is -2.15. The molecule has 5 heteroatoms. The molecule has 2 aromatic rings. The largest absolute Gasteiger partial charge is 0.496 e. The number of hydrogen-bond donors (Lipinski definition) is 1. The molecule has 18 heavy (non-hydrogen) atoms. The van der Waals surface area contributed by atoms with Gasteiger partial charge in [-0.05, 0) is 34.1 Å². The zero-order valence-electron chi connectivity index (χ0n) is 9.82. The summed E-state index contributed by atoms with van der Waals surface area (Å²) >= 11 is 4.99. The Morgan fingerprint density at radius 3 is 2.89 bits per heavy atom. The second-order valence-electron chi connectivity index (χ2n) is 3.90. The lowest BCUT2D eigenvalue weighted by atomic mass is 10.0. The van der Waals surface area contributed by atoms with Crippen LogP contribution in [0.4, 0.5) is 4.39 Å². The van der Waals surface area contributed by atoms with E-state index in [4.69, 9.17) is 10.5 Å². The predicted octanol–water partition coefficient (Wildman–Crippen LogP) is 3.90. The molecule has 0 saturated carbocycles. The van der Waals surface area contributed by atoms with E-state index < -0.39 is 6.04 Å². The van der Waals surface area contributed by atoms with Crippen LogP contribution in [0.2, 0.25) is 0 Å². The van der Waals surface area contributed by atoms with Crippen molar-refractivity contribution >= 4 is 27.3 Å². The van der Waals surface area contributed by atoms with Crippen molar-refractivity contribution in [1.82, 2.24) is 0 Å². The standard InChI is InChI=1S/C13H13BrFNOS/c1-17-12-4-2-3-10(15)13(12)11(16)6-9-5-8(14)7-18-9/h2-5,7,11H,6,16H2,1H3. The van der Waals surface area contributed by atoms with E-state index in [2.05, 4.69) is 15.9 Å². The lowest BCUT2D eigenvalue weighted by Crippen LogP contribution is -2.15. The fraction of sp³-hybridized carbons (Fsp3) is 0.231. The van der Waals surface area contributed by atoms with Crippen molar-refractivity contribution in [1.29, 1.82) is 0 Å². The second-order valence-corrected chi connectivity index (χ2v) is 5.81. The van der Waals surface area contributed by atoms with Crippen LogP contribution in [-0.4, -0.2) is 7.11 Å². The first-order valence-electron chi connectivity index (χ1n) is 5.42. The molecular formula is C13H13BrFNOS. The molecule has 0 amide bonds. The van der Waals surface area contributed by atoms with Crippen LogP contribution in [0, 0.1) is 5.82 Å². The molecule has 0 radical (unpaired) electrons. The summed E-state index contributed by atoms with van der Waals surface area (Å²) in [6.07, 6.45) is 0.591. The molecule has 0 aliphatic rings. The second kappa shape index (κ2) is 5.82. The van der Waals surface area contributed by atoms with Crippen molar-refractivity contribution in [3.8, 4) is 5.75 Å². The number of hydrogen-bond acceptors (Lipinski definition) is 3. The molecule has 1 heterocycles. The summed E-state index contributed by atoms with van der Waals surface area (Å²) in [6, 6.07) is 6.33. The Morgan fingerprint density at radius 2 is 2.28 bits per heavy atom. The summed E-state index contributed by atoms with van der Waals surface area (Å²) in [6.45, 7) is 0. The van der Waals surface area contributed by atoms with Crippen molar-refractivity contribution in [2.45, 2.75) is 12.5 Å². The van der Waals surface area contributed by atoms with Gasteiger partial charge in [0.2, 0.25) is 0 Å². The molecule has 1 aromatic carbocycles. The van der Waals surface area contributed by atoms with Gasteiger partial charge < -0.3 is 10.5 Å². The minimum absolute atomic E-state index is 0.322. The Bertz CT molecular complexity index is 544. The van der Waals surface area contributed by atoms with Gasteiger partial charge in [0.05, 0.1) is 7.11 Å². The first kappa shape index (κ1) is 13.5. The summed E-state index contributed by atoms with van der Waals surface area (Å²) in [4.78, 5) is 1.11. The van der Waals surface area contributed by atoms with Crippen LogP contribution in [0.1, 0.15) is 16.5 Å². The van der Waals surface area contributed by atoms with Crippen molar-refractivity contribution in [2.24, 2.45) is 5.73 Å². The number of halogens is 2. The minimum atomic E-state index is -0.410. The molecule has 0 saturated heterocycles. The van der Waals surface area contributed by atoms with E-state index in [-0.39, 0.29) is 5.82 Å². The Hall–Kier alpha value is -0.910. The smallest absolute Gasteiger partial charge is 0.131 e. The molecule has 0 bridgehead atoms. The van der Waals surface area contributed by atoms with Crippen molar-refractivity contribution < 1.29 is 9.13 Å². The Kier molecular flexibility index (Phi) is 4.37. The number of benzene rings is 1. The lowest BCUT2D eigenvalue weighted by molar-refractivity contribution is 0.399. The topological polar surface area (TPSA) is 35.2 Å². The summed E-state index contributed by atoms with van der Waals surface area (Å²) < 4.78 is 20.0. The predicted molar refractivity (Wildman–Crippen MR) is 75.6 cm³/mol. The summed E-state index contributed by atoms with van der Waals surface area (Å²) in [5.41, 5.74) is 6.52. The van der Waals surface area contributed by atoms with E-state index in [1.807, 2.05) is 11.4 Å². The average Bonchev–Trinajstić information content (AvgIpc) is 2.74. The third-order valence-electron chi connectivity index (χ3n) is 2.65. The maximum absolute atomic E-state index is 13.8. The number of ether oxygens (including phenoxy) is 1. The fourth-order valence-electron chi connectivity index (χ4n) is 1.83. The molecule has 2 nitrogen and oxygen atoms in total. The van der Waals surface area contributed by atoms with Gasteiger partial charge in [0.25, 0.3) is 0 Å². The molecule has 96 valence electrons. The highest BCUT2D eigenvalue weighted by Crippen LogP contribution is 2.30. The Balaban J connectivity index is 2.25. The number of methoxy groups -OCH3 is 1. The van der Waals surface area contributed by atoms with Crippen LogP contribution < -0.4 is 10.5 Å². The first-order valence-corrected chi connectivity index (χ1v) is 7.10. The van der Waals surface area contributed by atoms with Crippen LogP contribution >= 0.6 is 27.3 Å². The molecule has 0 fully saturated rings. The summed E-state index contributed by atoms with van der Waals surface area (Å²) in [5.74, 6) is 0.176. The van der Waals surface area contributed by atoms with Gasteiger partial charge in [-0.3, -0.25) is 0 Å². The van der Waals surface area contributed by atoms with Gasteiger partial charge >= 0.3 is 0 Å². The van der Waals surface area contributed by atoms with Gasteiger partial charge in [0.1, 0.15) is 11.6 Å². The van der Waals surface area contributed by atoms with Crippen molar-refractivity contribution in [2.75, 3.05) is 7.11 Å². The van der Waals surface area contributed by atoms with E-state index >= 15 is 0 Å². The zero-order chi connectivity index (χ0) is 13.1. The number of nitrogens with two attached hydrogens (primary N) is 1. The van der Waals surface area contributed by atoms with Gasteiger partial charge in [0.15, 0.2) is 0 Å². The van der Waals surface area contributed by atoms with E-state index in [0.717, 1.165) is 9.35 Å². The highest BCUT2D eigenvalue weighted by atomic mass is 79.9. The quantitative estimate of drug-likeness (QED) is 0.923. The van der Waals surface area contributed by atoms with Crippen LogP contribution in [-0.2, 0) is 6.42 Å². The normalized spacial score (nSPS) is 12.4. The van der Waals surface area contributed by atoms with Crippen LogP contribution in [0.5, 0.6) is 5.75 Å². The number of rotatable bonds is 4. The average molecular weight is 330 g/mol. The molecular weight excluding hydrogens is 317 g/mol. The van der Waals surface area contributed by atoms with Gasteiger partial charge in [-0.2, -0.15) is 0 Å². The maximum Gasteiger partial charge on any atom is 0.131 e. The maximum atomic E-state index is 13.8. The molecule has 0 aliphatic carbocycles. The monoisotopic (exact) mass is 329 g/mol. The SMILES string of the molecule is COc1cccc(F)c1C(N)Cc1cc(Br)cs1.